The Morgan fingerprint density at radius 3 is 2.13 bits per heavy atom. The van der Waals surface area contributed by atoms with Crippen molar-refractivity contribution < 1.29 is 14.2 Å². The van der Waals surface area contributed by atoms with Crippen LogP contribution in [0.3, 0.4) is 0 Å². The van der Waals surface area contributed by atoms with Gasteiger partial charge in [0.1, 0.15) is 29.4 Å². The second kappa shape index (κ2) is 14.5. The van der Waals surface area contributed by atoms with Crippen molar-refractivity contribution in [2.24, 2.45) is 0 Å². The molecule has 15 heteroatoms. The molecule has 3 aromatic heterocycles. The fourth-order valence-electron chi connectivity index (χ4n) is 6.57. The Morgan fingerprint density at radius 2 is 1.48 bits per heavy atom. The summed E-state index contributed by atoms with van der Waals surface area (Å²) in [6, 6.07) is 27.0. The molecule has 1 aliphatic rings. The first-order chi connectivity index (χ1) is 25.2. The number of rotatable bonds is 11. The number of ether oxygens (including phenoxy) is 3. The smallest absolute Gasteiger partial charge is 0.330 e. The molecular weight excluding hydrogens is 734 g/mol. The first-order valence-electron chi connectivity index (χ1n) is 16.4. The molecule has 3 aromatic carbocycles. The van der Waals surface area contributed by atoms with Gasteiger partial charge in [0.2, 0.25) is 0 Å². The van der Waals surface area contributed by atoms with E-state index in [1.54, 1.807) is 24.9 Å². The molecule has 0 amide bonds. The van der Waals surface area contributed by atoms with Gasteiger partial charge < -0.3 is 14.2 Å². The molecule has 0 bridgehead atoms. The summed E-state index contributed by atoms with van der Waals surface area (Å²) in [7, 11) is 1.61. The van der Waals surface area contributed by atoms with E-state index in [-0.39, 0.29) is 24.0 Å². The summed E-state index contributed by atoms with van der Waals surface area (Å²) in [5, 5.41) is 8.72. The number of nitrogens with one attached hydrogen (secondary N) is 2. The summed E-state index contributed by atoms with van der Waals surface area (Å²) < 4.78 is 23.7. The van der Waals surface area contributed by atoms with E-state index in [2.05, 4.69) is 36.2 Å². The van der Waals surface area contributed by atoms with Gasteiger partial charge in [0.25, 0.3) is 11.1 Å². The van der Waals surface area contributed by atoms with E-state index in [1.807, 2.05) is 84.9 Å². The van der Waals surface area contributed by atoms with Crippen LogP contribution in [0.15, 0.2) is 127 Å². The van der Waals surface area contributed by atoms with Gasteiger partial charge in [0.05, 0.1) is 37.0 Å². The number of H-pyrrole nitrogens is 2. The van der Waals surface area contributed by atoms with Gasteiger partial charge in [-0.05, 0) is 51.7 Å². The lowest BCUT2D eigenvalue weighted by atomic mass is 9.80. The fourth-order valence-corrected chi connectivity index (χ4v) is 6.91. The Hall–Kier alpha value is -5.64. The maximum Gasteiger partial charge on any atom is 0.330 e. The summed E-state index contributed by atoms with van der Waals surface area (Å²) in [6.07, 6.45) is 3.39. The molecule has 0 radical (unpaired) electrons. The van der Waals surface area contributed by atoms with Crippen LogP contribution in [-0.4, -0.2) is 53.9 Å². The number of aromatic amines is 2. The Labute approximate surface area is 304 Å². The quantitative estimate of drug-likeness (QED) is 0.187. The highest BCUT2D eigenvalue weighted by atomic mass is 79.9. The van der Waals surface area contributed by atoms with Crippen molar-refractivity contribution in [2.45, 2.75) is 43.9 Å². The number of benzene rings is 3. The van der Waals surface area contributed by atoms with Gasteiger partial charge in [-0.2, -0.15) is 0 Å². The highest BCUT2D eigenvalue weighted by Crippen LogP contribution is 2.43. The monoisotopic (exact) mass is 767 g/mol. The molecular formula is C37H34BrN7O7. The molecule has 3 atom stereocenters. The molecule has 266 valence electrons. The molecule has 2 N–H and O–H groups in total. The maximum absolute atomic E-state index is 13.0. The number of aryl methyl sites for hydroxylation is 1. The Kier molecular flexibility index (Phi) is 9.73. The van der Waals surface area contributed by atoms with Crippen LogP contribution in [0.1, 0.15) is 46.6 Å². The van der Waals surface area contributed by atoms with Crippen LogP contribution >= 0.6 is 15.9 Å². The van der Waals surface area contributed by atoms with Gasteiger partial charge in [-0.15, -0.1) is 5.10 Å². The number of hydrogen-bond donors (Lipinski definition) is 2. The Balaban J connectivity index is 1.29. The maximum atomic E-state index is 13.0. The highest BCUT2D eigenvalue weighted by Gasteiger charge is 2.43. The minimum absolute atomic E-state index is 0.0353. The fraction of sp³-hybridized carbons (Fsp3) is 0.243. The molecule has 0 aliphatic carbocycles. The van der Waals surface area contributed by atoms with Crippen molar-refractivity contribution in [3.05, 3.63) is 178 Å². The third kappa shape index (κ3) is 6.73. The van der Waals surface area contributed by atoms with Gasteiger partial charge in [0.15, 0.2) is 0 Å². The summed E-state index contributed by atoms with van der Waals surface area (Å²) in [5.41, 5.74) is 0.0995. The van der Waals surface area contributed by atoms with E-state index in [4.69, 9.17) is 14.2 Å². The van der Waals surface area contributed by atoms with Gasteiger partial charge in [-0.1, -0.05) is 78.0 Å². The van der Waals surface area contributed by atoms with E-state index >= 15 is 0 Å². The largest absolute Gasteiger partial charge is 0.497 e. The predicted octanol–water partition coefficient (Wildman–Crippen LogP) is 3.64. The molecule has 14 nitrogen and oxygen atoms in total. The standard InChI is InChI=1S/C37H34BrN7O7/c1-23-18-44(36(49)39-33(23)46)32-17-30(45-20-27(41-42-45)19-43-21-29(38)34(47)40-35(43)48)31(52-32)22-51-37(24-9-5-3-6-10-24,25-11-7-4-8-12-25)26-13-15-28(50-2)16-14-26/h3-16,18,20-21,30-32H,17,19,22H2,1-2H3,(H,39,46,49)(H,40,47,48). The molecule has 7 rings (SSSR count). The van der Waals surface area contributed by atoms with Gasteiger partial charge in [0, 0.05) is 24.4 Å². The van der Waals surface area contributed by atoms with Gasteiger partial charge in [-0.3, -0.25) is 28.7 Å². The van der Waals surface area contributed by atoms with E-state index in [0.29, 0.717) is 17.0 Å². The van der Waals surface area contributed by atoms with E-state index in [9.17, 15) is 19.2 Å². The lowest BCUT2D eigenvalue weighted by Gasteiger charge is -2.37. The molecule has 1 fully saturated rings. The summed E-state index contributed by atoms with van der Waals surface area (Å²) in [6.45, 7) is 1.69. The van der Waals surface area contributed by atoms with Crippen molar-refractivity contribution >= 4 is 15.9 Å². The third-order valence-electron chi connectivity index (χ3n) is 9.18. The van der Waals surface area contributed by atoms with Gasteiger partial charge in [-0.25, -0.2) is 14.3 Å². The van der Waals surface area contributed by atoms with Crippen LogP contribution in [-0.2, 0) is 21.6 Å². The Bertz CT molecular complexity index is 2380. The number of nitrogens with zero attached hydrogens (tertiary/aromatic N) is 5. The molecule has 4 heterocycles. The van der Waals surface area contributed by atoms with E-state index < -0.39 is 46.5 Å². The third-order valence-corrected chi connectivity index (χ3v) is 9.74. The van der Waals surface area contributed by atoms with Crippen molar-refractivity contribution in [1.29, 1.82) is 0 Å². The van der Waals surface area contributed by atoms with E-state index in [0.717, 1.165) is 16.7 Å². The van der Waals surface area contributed by atoms with Crippen LogP contribution in [0.2, 0.25) is 0 Å². The van der Waals surface area contributed by atoms with Crippen molar-refractivity contribution in [3.63, 3.8) is 0 Å². The summed E-state index contributed by atoms with van der Waals surface area (Å²) >= 11 is 3.16. The molecule has 52 heavy (non-hydrogen) atoms. The molecule has 0 saturated carbocycles. The van der Waals surface area contributed by atoms with Gasteiger partial charge >= 0.3 is 11.4 Å². The number of methoxy groups -OCH3 is 1. The zero-order valence-corrected chi connectivity index (χ0v) is 29.7. The average Bonchev–Trinajstić information content (AvgIpc) is 3.81. The van der Waals surface area contributed by atoms with Crippen molar-refractivity contribution in [2.75, 3.05) is 13.7 Å². The zero-order valence-electron chi connectivity index (χ0n) is 28.1. The topological polar surface area (TPSA) is 168 Å². The first-order valence-corrected chi connectivity index (χ1v) is 17.2. The molecule has 0 spiro atoms. The van der Waals surface area contributed by atoms with E-state index in [1.165, 1.54) is 21.5 Å². The van der Waals surface area contributed by atoms with Crippen LogP contribution in [0, 0.1) is 6.92 Å². The Morgan fingerprint density at radius 1 is 0.846 bits per heavy atom. The number of aromatic nitrogens is 7. The second-order valence-corrected chi connectivity index (χ2v) is 13.3. The van der Waals surface area contributed by atoms with Crippen LogP contribution in [0.5, 0.6) is 5.75 Å². The van der Waals surface area contributed by atoms with Crippen LogP contribution in [0.4, 0.5) is 0 Å². The summed E-state index contributed by atoms with van der Waals surface area (Å²) in [5.74, 6) is 0.695. The average molecular weight is 769 g/mol. The second-order valence-electron chi connectivity index (χ2n) is 12.4. The first kappa shape index (κ1) is 34.8. The highest BCUT2D eigenvalue weighted by molar-refractivity contribution is 9.10. The predicted molar refractivity (Wildman–Crippen MR) is 193 cm³/mol. The minimum atomic E-state index is -1.10. The normalized spacial score (nSPS) is 17.3. The van der Waals surface area contributed by atoms with Crippen molar-refractivity contribution in [3.8, 4) is 5.75 Å². The lowest BCUT2D eigenvalue weighted by molar-refractivity contribution is -0.0843. The summed E-state index contributed by atoms with van der Waals surface area (Å²) in [4.78, 5) is 54.3. The van der Waals surface area contributed by atoms with Crippen LogP contribution < -0.4 is 27.2 Å². The zero-order chi connectivity index (χ0) is 36.4. The van der Waals surface area contributed by atoms with Crippen molar-refractivity contribution in [1.82, 2.24) is 34.1 Å². The van der Waals surface area contributed by atoms with Crippen LogP contribution in [0.25, 0.3) is 0 Å². The number of hydrogen-bond acceptors (Lipinski definition) is 9. The minimum Gasteiger partial charge on any atom is -0.497 e. The SMILES string of the molecule is COc1ccc(C(OCC2OC(n3cc(C)c(=O)[nH]c3=O)CC2n2cc(Cn3cc(Br)c(=O)[nH]c3=O)nn2)(c2ccccc2)c2ccccc2)cc1. The molecule has 1 aliphatic heterocycles. The molecule has 1 saturated heterocycles. The molecule has 3 unspecified atom stereocenters. The molecule has 6 aromatic rings. The lowest BCUT2D eigenvalue weighted by Crippen LogP contribution is -2.37. The number of halogens is 1.